The lowest BCUT2D eigenvalue weighted by molar-refractivity contribution is -0.145. The molecule has 1 atom stereocenters. The molecular weight excluding hydrogens is 312 g/mol. The van der Waals surface area contributed by atoms with Gasteiger partial charge >= 0.3 is 5.97 Å². The van der Waals surface area contributed by atoms with Crippen LogP contribution in [0.5, 0.6) is 0 Å². The zero-order valence-electron chi connectivity index (χ0n) is 14.5. The Morgan fingerprint density at radius 2 is 1.56 bits per heavy atom. The van der Waals surface area contributed by atoms with E-state index in [2.05, 4.69) is 24.3 Å². The van der Waals surface area contributed by atoms with Crippen LogP contribution in [0.3, 0.4) is 0 Å². The fourth-order valence-electron chi connectivity index (χ4n) is 3.52. The molecule has 2 aromatic rings. The molecule has 0 amide bonds. The Balaban J connectivity index is 1.62. The summed E-state index contributed by atoms with van der Waals surface area (Å²) in [5.74, 6) is -0.226. The zero-order chi connectivity index (χ0) is 17.6. The smallest absolute Gasteiger partial charge is 0.322 e. The molecule has 0 aromatic heterocycles. The summed E-state index contributed by atoms with van der Waals surface area (Å²) in [4.78, 5) is 12.2. The van der Waals surface area contributed by atoms with Gasteiger partial charge in [0.25, 0.3) is 0 Å². The van der Waals surface area contributed by atoms with Crippen LogP contribution < -0.4 is 11.5 Å². The molecule has 1 aliphatic carbocycles. The molecule has 4 heteroatoms. The van der Waals surface area contributed by atoms with Gasteiger partial charge in [-0.25, -0.2) is 0 Å². The van der Waals surface area contributed by atoms with Gasteiger partial charge < -0.3 is 16.2 Å². The van der Waals surface area contributed by atoms with Crippen LogP contribution >= 0.6 is 0 Å². The summed E-state index contributed by atoms with van der Waals surface area (Å²) in [6.07, 6.45) is 3.53. The average Bonchev–Trinajstić information content (AvgIpc) is 2.97. The van der Waals surface area contributed by atoms with Crippen LogP contribution in [0.25, 0.3) is 11.1 Å². The number of ether oxygens (including phenoxy) is 1. The summed E-state index contributed by atoms with van der Waals surface area (Å²) in [7, 11) is 0. The Hall–Kier alpha value is -2.17. The molecule has 4 N–H and O–H groups in total. The first-order chi connectivity index (χ1) is 12.2. The molecule has 0 saturated heterocycles. The first-order valence-electron chi connectivity index (χ1n) is 9.03. The predicted octanol–water partition coefficient (Wildman–Crippen LogP) is 3.19. The van der Waals surface area contributed by atoms with Gasteiger partial charge in [0.15, 0.2) is 0 Å². The minimum absolute atomic E-state index is 0.0841. The number of unbranched alkanes of at least 4 members (excludes halogenated alkanes) is 2. The highest BCUT2D eigenvalue weighted by atomic mass is 16.5. The van der Waals surface area contributed by atoms with Crippen molar-refractivity contribution in [2.24, 2.45) is 11.5 Å². The van der Waals surface area contributed by atoms with Crippen molar-refractivity contribution < 1.29 is 9.53 Å². The fraction of sp³-hybridized carbons (Fsp3) is 0.381. The quantitative estimate of drug-likeness (QED) is 0.572. The van der Waals surface area contributed by atoms with Crippen molar-refractivity contribution >= 4 is 5.97 Å². The van der Waals surface area contributed by atoms with Crippen molar-refractivity contribution in [2.75, 3.05) is 13.2 Å². The lowest BCUT2D eigenvalue weighted by atomic mass is 9.98. The molecule has 0 spiro atoms. The lowest BCUT2D eigenvalue weighted by Gasteiger charge is -2.16. The Kier molecular flexibility index (Phi) is 5.84. The maximum atomic E-state index is 12.2. The number of nitrogens with two attached hydrogens (primary N) is 2. The van der Waals surface area contributed by atoms with Crippen LogP contribution in [0.15, 0.2) is 48.5 Å². The van der Waals surface area contributed by atoms with Crippen molar-refractivity contribution in [1.29, 1.82) is 0 Å². The third-order valence-electron chi connectivity index (χ3n) is 4.88. The minimum Gasteiger partial charge on any atom is -0.464 e. The zero-order valence-corrected chi connectivity index (χ0v) is 14.5. The third kappa shape index (κ3) is 3.91. The largest absolute Gasteiger partial charge is 0.464 e. The lowest BCUT2D eigenvalue weighted by Crippen LogP contribution is -2.33. The molecule has 1 unspecified atom stereocenters. The third-order valence-corrected chi connectivity index (χ3v) is 4.88. The summed E-state index contributed by atoms with van der Waals surface area (Å²) in [5.41, 5.74) is 16.3. The Morgan fingerprint density at radius 3 is 2.16 bits per heavy atom. The number of hydrogen-bond acceptors (Lipinski definition) is 4. The number of carbonyl (C=O) groups is 1. The van der Waals surface area contributed by atoms with Gasteiger partial charge in [-0.05, 0) is 41.6 Å². The molecule has 3 rings (SSSR count). The molecule has 0 saturated carbocycles. The predicted molar refractivity (Wildman–Crippen MR) is 100 cm³/mol. The monoisotopic (exact) mass is 338 g/mol. The molecule has 132 valence electrons. The van der Waals surface area contributed by atoms with Crippen LogP contribution in [0.2, 0.25) is 0 Å². The van der Waals surface area contributed by atoms with E-state index >= 15 is 0 Å². The van der Waals surface area contributed by atoms with Crippen molar-refractivity contribution in [1.82, 2.24) is 0 Å². The summed E-state index contributed by atoms with van der Waals surface area (Å²) in [5, 5.41) is 0. The van der Waals surface area contributed by atoms with Gasteiger partial charge in [0.1, 0.15) is 12.6 Å². The normalized spacial score (nSPS) is 14.0. The average molecular weight is 338 g/mol. The SMILES string of the molecule is NCCCCCC(N)C(=O)OCC1c2ccccc2-c2ccccc21. The highest BCUT2D eigenvalue weighted by Crippen LogP contribution is 2.44. The van der Waals surface area contributed by atoms with E-state index in [9.17, 15) is 4.79 Å². The van der Waals surface area contributed by atoms with Gasteiger partial charge in [-0.15, -0.1) is 0 Å². The van der Waals surface area contributed by atoms with E-state index in [-0.39, 0.29) is 11.9 Å². The molecule has 0 fully saturated rings. The molecule has 0 aliphatic heterocycles. The van der Waals surface area contributed by atoms with E-state index in [1.54, 1.807) is 0 Å². The van der Waals surface area contributed by atoms with Crippen LogP contribution in [0.1, 0.15) is 42.7 Å². The minimum atomic E-state index is -0.551. The van der Waals surface area contributed by atoms with Crippen molar-refractivity contribution in [3.63, 3.8) is 0 Å². The van der Waals surface area contributed by atoms with Crippen molar-refractivity contribution in [3.8, 4) is 11.1 Å². The maximum absolute atomic E-state index is 12.2. The van der Waals surface area contributed by atoms with Crippen molar-refractivity contribution in [2.45, 2.75) is 37.6 Å². The van der Waals surface area contributed by atoms with Gasteiger partial charge in [-0.3, -0.25) is 4.79 Å². The standard InChI is InChI=1S/C21H26N2O2/c22-13-7-1-2-12-20(23)21(24)25-14-19-17-10-5-3-8-15(17)16-9-4-6-11-18(16)19/h3-6,8-11,19-20H,1-2,7,12-14,22-23H2. The first kappa shape index (κ1) is 17.6. The summed E-state index contributed by atoms with van der Waals surface area (Å²) in [6.45, 7) is 1.02. The van der Waals surface area contributed by atoms with Gasteiger partial charge in [0.2, 0.25) is 0 Å². The molecule has 0 heterocycles. The summed E-state index contributed by atoms with van der Waals surface area (Å²) in [6, 6.07) is 16.1. The number of benzene rings is 2. The van der Waals surface area contributed by atoms with Crippen LogP contribution in [0.4, 0.5) is 0 Å². The molecule has 0 bridgehead atoms. The topological polar surface area (TPSA) is 78.3 Å². The number of hydrogen-bond donors (Lipinski definition) is 2. The van der Waals surface area contributed by atoms with Crippen LogP contribution in [-0.4, -0.2) is 25.2 Å². The second kappa shape index (κ2) is 8.28. The highest BCUT2D eigenvalue weighted by Gasteiger charge is 2.29. The highest BCUT2D eigenvalue weighted by molar-refractivity contribution is 5.79. The maximum Gasteiger partial charge on any atom is 0.322 e. The second-order valence-corrected chi connectivity index (χ2v) is 6.60. The molecule has 4 nitrogen and oxygen atoms in total. The summed E-state index contributed by atoms with van der Waals surface area (Å²) < 4.78 is 5.57. The van der Waals surface area contributed by atoms with E-state index < -0.39 is 6.04 Å². The Labute approximate surface area is 149 Å². The van der Waals surface area contributed by atoms with E-state index in [1.165, 1.54) is 22.3 Å². The number of carbonyl (C=O) groups excluding carboxylic acids is 1. The van der Waals surface area contributed by atoms with Gasteiger partial charge in [-0.2, -0.15) is 0 Å². The van der Waals surface area contributed by atoms with Crippen LogP contribution in [-0.2, 0) is 9.53 Å². The number of rotatable bonds is 8. The van der Waals surface area contributed by atoms with Crippen molar-refractivity contribution in [3.05, 3.63) is 59.7 Å². The van der Waals surface area contributed by atoms with E-state index in [4.69, 9.17) is 16.2 Å². The molecule has 25 heavy (non-hydrogen) atoms. The van der Waals surface area contributed by atoms with E-state index in [0.29, 0.717) is 19.6 Å². The molecule has 1 aliphatic rings. The second-order valence-electron chi connectivity index (χ2n) is 6.60. The molecule has 2 aromatic carbocycles. The van der Waals surface area contributed by atoms with Gasteiger partial charge in [0, 0.05) is 5.92 Å². The molecular formula is C21H26N2O2. The van der Waals surface area contributed by atoms with E-state index in [1.807, 2.05) is 24.3 Å². The van der Waals surface area contributed by atoms with E-state index in [0.717, 1.165) is 19.3 Å². The summed E-state index contributed by atoms with van der Waals surface area (Å²) >= 11 is 0. The van der Waals surface area contributed by atoms with Gasteiger partial charge in [0.05, 0.1) is 0 Å². The Morgan fingerprint density at radius 1 is 0.960 bits per heavy atom. The Bertz CT molecular complexity index is 684. The van der Waals surface area contributed by atoms with Gasteiger partial charge in [-0.1, -0.05) is 61.4 Å². The fourth-order valence-corrected chi connectivity index (χ4v) is 3.52. The first-order valence-corrected chi connectivity index (χ1v) is 9.03. The molecule has 0 radical (unpaired) electrons. The van der Waals surface area contributed by atoms with Crippen LogP contribution in [0, 0.1) is 0 Å². The number of esters is 1. The number of fused-ring (bicyclic) bond motifs is 3.